The number of hydrogen-bond donors (Lipinski definition) is 0. The summed E-state index contributed by atoms with van der Waals surface area (Å²) in [5, 5.41) is -0.363. The highest BCUT2D eigenvalue weighted by atomic mass is 31.2. The van der Waals surface area contributed by atoms with Crippen LogP contribution in [0, 0.1) is 0 Å². The molecule has 0 radical (unpaired) electrons. The van der Waals surface area contributed by atoms with E-state index in [1.54, 1.807) is 0 Å². The first-order valence-corrected chi connectivity index (χ1v) is 18.8. The van der Waals surface area contributed by atoms with Crippen molar-refractivity contribution in [1.29, 1.82) is 0 Å². The molecule has 0 heterocycles. The Hall–Kier alpha value is 0.721. The first-order chi connectivity index (χ1) is 9.69. The van der Waals surface area contributed by atoms with Crippen molar-refractivity contribution in [3.63, 3.8) is 0 Å². The van der Waals surface area contributed by atoms with Crippen LogP contribution in [0.4, 0.5) is 0 Å². The van der Waals surface area contributed by atoms with Crippen molar-refractivity contribution in [2.75, 3.05) is 13.2 Å². The van der Waals surface area contributed by atoms with Crippen molar-refractivity contribution in [2.45, 2.75) is 71.9 Å². The van der Waals surface area contributed by atoms with Gasteiger partial charge in [-0.05, 0) is 66.6 Å². The molecule has 9 heteroatoms. The third-order valence-electron chi connectivity index (χ3n) is 2.87. The Bertz CT molecular complexity index is 366. The fraction of sp³-hybridized carbons (Fsp3) is 1.00. The minimum Gasteiger partial charge on any atom is -0.436 e. The predicted octanol–water partition coefficient (Wildman–Crippen LogP) is 4.96. The normalized spacial score (nSPS) is 15.9. The highest BCUT2D eigenvalue weighted by Gasteiger charge is 2.53. The molecule has 0 saturated carbocycles. The molecule has 0 fully saturated rings. The molecular formula is C13H35O5PSi3. The maximum atomic E-state index is 13.2. The minimum atomic E-state index is -3.25. The van der Waals surface area contributed by atoms with Crippen molar-refractivity contribution in [3.8, 4) is 0 Å². The van der Waals surface area contributed by atoms with Crippen LogP contribution in [0.5, 0.6) is 0 Å². The van der Waals surface area contributed by atoms with Crippen LogP contribution in [-0.4, -0.2) is 43.7 Å². The van der Waals surface area contributed by atoms with E-state index in [1.165, 1.54) is 0 Å². The van der Waals surface area contributed by atoms with Gasteiger partial charge in [0.25, 0.3) is 0 Å². The summed E-state index contributed by atoms with van der Waals surface area (Å²) in [5.41, 5.74) is 0. The Balaban J connectivity index is 5.69. The number of rotatable bonds is 10. The molecule has 0 aromatic heterocycles. The zero-order chi connectivity index (χ0) is 17.8. The molecule has 0 N–H and O–H groups in total. The lowest BCUT2D eigenvalue weighted by Gasteiger charge is -2.43. The van der Waals surface area contributed by atoms with Gasteiger partial charge in [-0.15, -0.1) is 0 Å². The van der Waals surface area contributed by atoms with Crippen LogP contribution < -0.4 is 0 Å². The third-order valence-corrected chi connectivity index (χ3v) is 17.1. The van der Waals surface area contributed by atoms with Gasteiger partial charge in [-0.2, -0.15) is 0 Å². The fourth-order valence-electron chi connectivity index (χ4n) is 2.32. The van der Waals surface area contributed by atoms with E-state index in [2.05, 4.69) is 39.3 Å². The van der Waals surface area contributed by atoms with E-state index in [0.29, 0.717) is 13.2 Å². The summed E-state index contributed by atoms with van der Waals surface area (Å²) in [5.74, 6) is 0. The molecule has 0 saturated heterocycles. The van der Waals surface area contributed by atoms with E-state index in [-0.39, 0.29) is 5.28 Å². The standard InChI is InChI=1S/C13H35O5PSi3/c1-11-15-19(14,16-12-2)13(3)22(10,17-20(4,5)6)18-21(7,8)9/h13H,11-12H2,1-10H3. The number of hydrogen-bond acceptors (Lipinski definition) is 5. The van der Waals surface area contributed by atoms with Gasteiger partial charge in [0.05, 0.1) is 13.2 Å². The quantitative estimate of drug-likeness (QED) is 0.392. The van der Waals surface area contributed by atoms with E-state index >= 15 is 0 Å². The van der Waals surface area contributed by atoms with Gasteiger partial charge in [-0.3, -0.25) is 4.57 Å². The molecule has 0 aromatic rings. The van der Waals surface area contributed by atoms with Gasteiger partial charge in [0, 0.05) is 0 Å². The maximum absolute atomic E-state index is 13.2. The summed E-state index contributed by atoms with van der Waals surface area (Å²) in [4.78, 5) is 0. The molecule has 134 valence electrons. The summed E-state index contributed by atoms with van der Waals surface area (Å²) in [6.07, 6.45) is 0. The van der Waals surface area contributed by atoms with Crippen molar-refractivity contribution in [3.05, 3.63) is 0 Å². The average Bonchev–Trinajstić information content (AvgIpc) is 2.23. The maximum Gasteiger partial charge on any atom is 0.335 e. The molecule has 0 rings (SSSR count). The topological polar surface area (TPSA) is 54.0 Å². The van der Waals surface area contributed by atoms with Crippen molar-refractivity contribution in [2.24, 2.45) is 0 Å². The summed E-state index contributed by atoms with van der Waals surface area (Å²) in [6.45, 7) is 21.1. The average molecular weight is 387 g/mol. The van der Waals surface area contributed by atoms with Crippen LogP contribution >= 0.6 is 7.60 Å². The molecule has 0 spiro atoms. The third kappa shape index (κ3) is 7.53. The van der Waals surface area contributed by atoms with Gasteiger partial charge in [-0.25, -0.2) is 0 Å². The second-order valence-electron chi connectivity index (χ2n) is 7.50. The summed E-state index contributed by atoms with van der Waals surface area (Å²) >= 11 is 0. The first-order valence-electron chi connectivity index (χ1n) is 7.98. The molecule has 22 heavy (non-hydrogen) atoms. The monoisotopic (exact) mass is 386 g/mol. The molecule has 0 aliphatic heterocycles. The van der Waals surface area contributed by atoms with Crippen LogP contribution in [0.3, 0.4) is 0 Å². The largest absolute Gasteiger partial charge is 0.436 e. The van der Waals surface area contributed by atoms with Gasteiger partial charge in [0.15, 0.2) is 16.6 Å². The molecule has 1 atom stereocenters. The highest BCUT2D eigenvalue weighted by molar-refractivity contribution is 7.57. The van der Waals surface area contributed by atoms with Crippen LogP contribution in [0.15, 0.2) is 0 Å². The van der Waals surface area contributed by atoms with E-state index in [9.17, 15) is 4.57 Å². The van der Waals surface area contributed by atoms with E-state index in [1.807, 2.05) is 27.3 Å². The summed E-state index contributed by atoms with van der Waals surface area (Å²) < 4.78 is 37.2. The summed E-state index contributed by atoms with van der Waals surface area (Å²) in [6, 6.07) is 0. The molecule has 0 aliphatic carbocycles. The molecule has 0 bridgehead atoms. The van der Waals surface area contributed by atoms with E-state index in [0.717, 1.165) is 0 Å². The van der Waals surface area contributed by atoms with Crippen LogP contribution in [0.2, 0.25) is 45.8 Å². The van der Waals surface area contributed by atoms with Crippen molar-refractivity contribution >= 4 is 32.8 Å². The lowest BCUT2D eigenvalue weighted by molar-refractivity contribution is 0.214. The van der Waals surface area contributed by atoms with Gasteiger partial charge in [0.2, 0.25) is 0 Å². The Morgan fingerprint density at radius 3 is 1.36 bits per heavy atom. The van der Waals surface area contributed by atoms with Crippen LogP contribution in [0.25, 0.3) is 0 Å². The van der Waals surface area contributed by atoms with Gasteiger partial charge < -0.3 is 17.3 Å². The highest BCUT2D eigenvalue weighted by Crippen LogP contribution is 2.56. The lowest BCUT2D eigenvalue weighted by Crippen LogP contribution is -2.59. The lowest BCUT2D eigenvalue weighted by atomic mass is 10.9. The Morgan fingerprint density at radius 2 is 1.14 bits per heavy atom. The Kier molecular flexibility index (Phi) is 8.47. The first kappa shape index (κ1) is 22.7. The molecule has 0 aromatic carbocycles. The van der Waals surface area contributed by atoms with Gasteiger partial charge >= 0.3 is 16.2 Å². The zero-order valence-electron chi connectivity index (χ0n) is 16.0. The predicted molar refractivity (Wildman–Crippen MR) is 101 cm³/mol. The van der Waals surface area contributed by atoms with Gasteiger partial charge in [-0.1, -0.05) is 0 Å². The summed E-state index contributed by atoms with van der Waals surface area (Å²) in [7, 11) is -9.68. The zero-order valence-corrected chi connectivity index (χ0v) is 19.9. The SMILES string of the molecule is CCOP(=O)(OCC)C(C)[Si](C)(O[Si](C)(C)C)O[Si](C)(C)C. The van der Waals surface area contributed by atoms with E-state index in [4.69, 9.17) is 17.3 Å². The molecular weight excluding hydrogens is 351 g/mol. The second-order valence-corrected chi connectivity index (χ2v) is 23.3. The van der Waals surface area contributed by atoms with Gasteiger partial charge in [0.1, 0.15) is 5.28 Å². The second kappa shape index (κ2) is 8.20. The van der Waals surface area contributed by atoms with Crippen molar-refractivity contribution < 1.29 is 21.8 Å². The minimum absolute atomic E-state index is 0.353. The van der Waals surface area contributed by atoms with Crippen LogP contribution in [0.1, 0.15) is 20.8 Å². The molecule has 0 amide bonds. The molecule has 0 aliphatic rings. The Morgan fingerprint density at radius 1 is 0.818 bits per heavy atom. The smallest absolute Gasteiger partial charge is 0.335 e. The van der Waals surface area contributed by atoms with Crippen LogP contribution in [-0.2, 0) is 21.8 Å². The fourth-order valence-corrected chi connectivity index (χ4v) is 18.9. The Labute approximate surface area is 140 Å². The molecule has 1 unspecified atom stereocenters. The molecule has 5 nitrogen and oxygen atoms in total. The van der Waals surface area contributed by atoms with E-state index < -0.39 is 32.8 Å². The van der Waals surface area contributed by atoms with Crippen molar-refractivity contribution in [1.82, 2.24) is 0 Å².